The van der Waals surface area contributed by atoms with Crippen molar-refractivity contribution in [3.05, 3.63) is 28.2 Å². The average molecular weight is 361 g/mol. The van der Waals surface area contributed by atoms with Crippen LogP contribution in [0.3, 0.4) is 0 Å². The molecule has 0 unspecified atom stereocenters. The van der Waals surface area contributed by atoms with Crippen molar-refractivity contribution in [2.45, 2.75) is 37.8 Å². The molecule has 22 heavy (non-hydrogen) atoms. The molecule has 0 atom stereocenters. The molecule has 1 aromatic rings. The first kappa shape index (κ1) is 14.9. The summed E-state index contributed by atoms with van der Waals surface area (Å²) in [5.74, 6) is 0.508. The van der Waals surface area contributed by atoms with Gasteiger partial charge in [0.05, 0.1) is 11.3 Å². The van der Waals surface area contributed by atoms with E-state index in [1.54, 1.807) is 6.07 Å². The molecule has 0 amide bonds. The van der Waals surface area contributed by atoms with E-state index >= 15 is 0 Å². The molecule has 114 valence electrons. The van der Waals surface area contributed by atoms with Crippen molar-refractivity contribution < 1.29 is 0 Å². The molecule has 2 aliphatic rings. The van der Waals surface area contributed by atoms with Gasteiger partial charge in [-0.25, -0.2) is 4.99 Å². The molecule has 1 aromatic carbocycles. The summed E-state index contributed by atoms with van der Waals surface area (Å²) in [5.41, 5.74) is 12.8. The minimum Gasteiger partial charge on any atom is -0.369 e. The van der Waals surface area contributed by atoms with Crippen LogP contribution in [0, 0.1) is 11.3 Å². The van der Waals surface area contributed by atoms with Crippen LogP contribution in [0.2, 0.25) is 0 Å². The maximum atomic E-state index is 9.43. The smallest absolute Gasteiger partial charge is 0.220 e. The van der Waals surface area contributed by atoms with Crippen LogP contribution in [-0.2, 0) is 0 Å². The van der Waals surface area contributed by atoms with Gasteiger partial charge in [-0.2, -0.15) is 10.3 Å². The number of halogens is 1. The Morgan fingerprint density at radius 1 is 1.23 bits per heavy atom. The van der Waals surface area contributed by atoms with Crippen molar-refractivity contribution in [2.24, 2.45) is 21.5 Å². The molecule has 0 saturated heterocycles. The molecular formula is C15H17BrN6. The topological polar surface area (TPSA) is 104 Å². The lowest BCUT2D eigenvalue weighted by molar-refractivity contribution is 0.305. The predicted octanol–water partition coefficient (Wildman–Crippen LogP) is 2.43. The number of guanidine groups is 2. The van der Waals surface area contributed by atoms with Gasteiger partial charge in [-0.05, 0) is 43.9 Å². The van der Waals surface area contributed by atoms with E-state index in [0.29, 0.717) is 11.5 Å². The summed E-state index contributed by atoms with van der Waals surface area (Å²) in [6.45, 7) is 0. The lowest BCUT2D eigenvalue weighted by Crippen LogP contribution is -2.58. The van der Waals surface area contributed by atoms with Crippen LogP contribution in [0.15, 0.2) is 32.7 Å². The minimum atomic E-state index is -0.527. The molecule has 1 fully saturated rings. The zero-order chi connectivity index (χ0) is 15.7. The van der Waals surface area contributed by atoms with E-state index in [1.807, 2.05) is 17.0 Å². The van der Waals surface area contributed by atoms with E-state index in [0.717, 1.165) is 35.8 Å². The number of nitrogens with zero attached hydrogens (tertiary/aromatic N) is 4. The van der Waals surface area contributed by atoms with E-state index in [2.05, 4.69) is 32.0 Å². The quantitative estimate of drug-likeness (QED) is 0.802. The fourth-order valence-electron chi connectivity index (χ4n) is 3.25. The Hall–Kier alpha value is -2.07. The number of hydrogen-bond donors (Lipinski definition) is 2. The highest BCUT2D eigenvalue weighted by Crippen LogP contribution is 2.41. The van der Waals surface area contributed by atoms with Gasteiger partial charge in [0.2, 0.25) is 11.9 Å². The summed E-state index contributed by atoms with van der Waals surface area (Å²) in [5, 5.41) is 9.43. The maximum Gasteiger partial charge on any atom is 0.220 e. The van der Waals surface area contributed by atoms with Crippen molar-refractivity contribution in [3.8, 4) is 6.07 Å². The summed E-state index contributed by atoms with van der Waals surface area (Å²) in [7, 11) is 0. The molecule has 1 aliphatic carbocycles. The highest BCUT2D eigenvalue weighted by Gasteiger charge is 2.43. The minimum absolute atomic E-state index is 0.212. The molecular weight excluding hydrogens is 344 g/mol. The van der Waals surface area contributed by atoms with Gasteiger partial charge >= 0.3 is 0 Å². The summed E-state index contributed by atoms with van der Waals surface area (Å²) in [6.07, 6.45) is 4.97. The maximum absolute atomic E-state index is 9.43. The lowest BCUT2D eigenvalue weighted by Gasteiger charge is -2.45. The Kier molecular flexibility index (Phi) is 3.79. The molecule has 1 aliphatic heterocycles. The Labute approximate surface area is 137 Å². The second-order valence-corrected chi connectivity index (χ2v) is 6.51. The standard InChI is InChI=1S/C15H17BrN6/c16-11-5-4-10(9-17)12(8-11)22-14(19)20-13(18)21-15(22)6-2-1-3-7-15/h4-5,8H,1-3,6-7H2,(H4,18,19,20,21). The van der Waals surface area contributed by atoms with E-state index in [4.69, 9.17) is 11.5 Å². The third kappa shape index (κ3) is 2.44. The Balaban J connectivity index is 2.17. The first-order chi connectivity index (χ1) is 10.6. The predicted molar refractivity (Wildman–Crippen MR) is 90.4 cm³/mol. The van der Waals surface area contributed by atoms with Gasteiger partial charge in [0.15, 0.2) is 0 Å². The van der Waals surface area contributed by atoms with E-state index in [9.17, 15) is 5.26 Å². The number of aliphatic imine (C=N–C) groups is 2. The molecule has 3 rings (SSSR count). The third-order valence-corrected chi connectivity index (χ3v) is 4.67. The first-order valence-corrected chi connectivity index (χ1v) is 8.04. The van der Waals surface area contributed by atoms with Gasteiger partial charge in [-0.3, -0.25) is 4.90 Å². The van der Waals surface area contributed by atoms with Gasteiger partial charge in [-0.15, -0.1) is 0 Å². The molecule has 0 bridgehead atoms. The van der Waals surface area contributed by atoms with Crippen molar-refractivity contribution in [2.75, 3.05) is 4.90 Å². The van der Waals surface area contributed by atoms with Crippen molar-refractivity contribution >= 4 is 33.5 Å². The Morgan fingerprint density at radius 2 is 1.95 bits per heavy atom. The summed E-state index contributed by atoms with van der Waals surface area (Å²) in [6, 6.07) is 7.71. The van der Waals surface area contributed by atoms with Gasteiger partial charge < -0.3 is 11.5 Å². The Bertz CT molecular complexity index is 696. The van der Waals surface area contributed by atoms with Crippen LogP contribution in [-0.4, -0.2) is 17.6 Å². The van der Waals surface area contributed by atoms with Gasteiger partial charge in [0, 0.05) is 4.47 Å². The Morgan fingerprint density at radius 3 is 2.64 bits per heavy atom. The van der Waals surface area contributed by atoms with Gasteiger partial charge in [-0.1, -0.05) is 22.4 Å². The molecule has 6 nitrogen and oxygen atoms in total. The molecule has 0 radical (unpaired) electrons. The average Bonchev–Trinajstić information content (AvgIpc) is 2.47. The molecule has 1 heterocycles. The molecule has 4 N–H and O–H groups in total. The van der Waals surface area contributed by atoms with Gasteiger partial charge in [0.1, 0.15) is 11.7 Å². The van der Waals surface area contributed by atoms with Crippen LogP contribution in [0.5, 0.6) is 0 Å². The van der Waals surface area contributed by atoms with Crippen LogP contribution >= 0.6 is 15.9 Å². The highest BCUT2D eigenvalue weighted by molar-refractivity contribution is 9.10. The second-order valence-electron chi connectivity index (χ2n) is 5.59. The summed E-state index contributed by atoms with van der Waals surface area (Å²) < 4.78 is 0.878. The SMILES string of the molecule is N#Cc1ccc(Br)cc1N1C(N)=NC(N)=NC12CCCCC2. The monoisotopic (exact) mass is 360 g/mol. The number of hydrogen-bond acceptors (Lipinski definition) is 6. The van der Waals surface area contributed by atoms with E-state index < -0.39 is 5.66 Å². The van der Waals surface area contributed by atoms with Crippen molar-refractivity contribution in [3.63, 3.8) is 0 Å². The third-order valence-electron chi connectivity index (χ3n) is 4.17. The van der Waals surface area contributed by atoms with Crippen LogP contribution in [0.25, 0.3) is 0 Å². The van der Waals surface area contributed by atoms with Crippen molar-refractivity contribution in [1.29, 1.82) is 5.26 Å². The second kappa shape index (κ2) is 5.61. The van der Waals surface area contributed by atoms with Crippen LogP contribution in [0.4, 0.5) is 5.69 Å². The number of benzene rings is 1. The lowest BCUT2D eigenvalue weighted by atomic mass is 9.87. The molecule has 0 aromatic heterocycles. The number of rotatable bonds is 1. The zero-order valence-corrected chi connectivity index (χ0v) is 13.7. The highest BCUT2D eigenvalue weighted by atomic mass is 79.9. The normalized spacial score (nSPS) is 20.3. The first-order valence-electron chi connectivity index (χ1n) is 7.25. The fraction of sp³-hybridized carbons (Fsp3) is 0.400. The van der Waals surface area contributed by atoms with Crippen molar-refractivity contribution in [1.82, 2.24) is 0 Å². The summed E-state index contributed by atoms with van der Waals surface area (Å²) >= 11 is 3.46. The number of nitrogens with two attached hydrogens (primary N) is 2. The van der Waals surface area contributed by atoms with Crippen LogP contribution < -0.4 is 16.4 Å². The van der Waals surface area contributed by atoms with E-state index in [-0.39, 0.29) is 5.96 Å². The number of anilines is 1. The fourth-order valence-corrected chi connectivity index (χ4v) is 3.60. The molecule has 1 saturated carbocycles. The van der Waals surface area contributed by atoms with Gasteiger partial charge in [0.25, 0.3) is 0 Å². The molecule has 1 spiro atoms. The summed E-state index contributed by atoms with van der Waals surface area (Å²) in [4.78, 5) is 10.6. The van der Waals surface area contributed by atoms with Crippen LogP contribution in [0.1, 0.15) is 37.7 Å². The number of nitriles is 1. The zero-order valence-electron chi connectivity index (χ0n) is 12.1. The largest absolute Gasteiger partial charge is 0.369 e. The van der Waals surface area contributed by atoms with E-state index in [1.165, 1.54) is 6.42 Å². The molecule has 7 heteroatoms.